The third-order valence-electron chi connectivity index (χ3n) is 3.56. The van der Waals surface area contributed by atoms with Gasteiger partial charge >= 0.3 is 0 Å². The minimum Gasteiger partial charge on any atom is -0.494 e. The fourth-order valence-corrected chi connectivity index (χ4v) is 2.36. The molecule has 1 N–H and O–H groups in total. The molecule has 0 radical (unpaired) electrons. The molecule has 2 atom stereocenters. The zero-order chi connectivity index (χ0) is 12.3. The second kappa shape index (κ2) is 5.52. The summed E-state index contributed by atoms with van der Waals surface area (Å²) in [5, 5.41) is 3.58. The summed E-state index contributed by atoms with van der Waals surface area (Å²) in [6.07, 6.45) is 0. The lowest BCUT2D eigenvalue weighted by molar-refractivity contribution is 0.164. The van der Waals surface area contributed by atoms with Crippen LogP contribution in [0.5, 0.6) is 5.75 Å². The van der Waals surface area contributed by atoms with E-state index in [4.69, 9.17) is 4.74 Å². The Bertz CT molecular complexity index is 350. The van der Waals surface area contributed by atoms with Crippen molar-refractivity contribution in [2.45, 2.75) is 25.9 Å². The first kappa shape index (κ1) is 12.4. The third kappa shape index (κ3) is 2.79. The Morgan fingerprint density at radius 1 is 1.35 bits per heavy atom. The summed E-state index contributed by atoms with van der Waals surface area (Å²) in [4.78, 5) is 2.40. The molecule has 0 aromatic heterocycles. The lowest BCUT2D eigenvalue weighted by Crippen LogP contribution is -2.49. The van der Waals surface area contributed by atoms with Crippen LogP contribution in [0, 0.1) is 0 Å². The number of hydrogen-bond donors (Lipinski definition) is 1. The van der Waals surface area contributed by atoms with E-state index in [0.29, 0.717) is 12.1 Å². The van der Waals surface area contributed by atoms with Crippen LogP contribution in [0.3, 0.4) is 0 Å². The summed E-state index contributed by atoms with van der Waals surface area (Å²) in [7, 11) is 2.19. The molecule has 1 heterocycles. The molecule has 1 aromatic carbocycles. The van der Waals surface area contributed by atoms with Gasteiger partial charge in [-0.2, -0.15) is 0 Å². The van der Waals surface area contributed by atoms with E-state index in [9.17, 15) is 0 Å². The topological polar surface area (TPSA) is 24.5 Å². The smallest absolute Gasteiger partial charge is 0.119 e. The maximum atomic E-state index is 5.47. The number of hydrogen-bond acceptors (Lipinski definition) is 3. The average Bonchev–Trinajstić information content (AvgIpc) is 2.34. The van der Waals surface area contributed by atoms with Gasteiger partial charge < -0.3 is 15.0 Å². The molecule has 17 heavy (non-hydrogen) atoms. The van der Waals surface area contributed by atoms with E-state index in [1.807, 2.05) is 6.92 Å². The minimum atomic E-state index is 0.421. The standard InChI is InChI=1S/C14H22N2O/c1-4-17-13-7-5-12(6-8-13)14-11(2)16(3)10-9-15-14/h5-8,11,14-15H,4,9-10H2,1-3H3. The van der Waals surface area contributed by atoms with Crippen LogP contribution in [-0.2, 0) is 0 Å². The molecule has 0 spiro atoms. The van der Waals surface area contributed by atoms with Gasteiger partial charge in [-0.25, -0.2) is 0 Å². The Kier molecular flexibility index (Phi) is 4.02. The highest BCUT2D eigenvalue weighted by atomic mass is 16.5. The Morgan fingerprint density at radius 2 is 2.06 bits per heavy atom. The molecule has 2 unspecified atom stereocenters. The maximum absolute atomic E-state index is 5.47. The number of ether oxygens (including phenoxy) is 1. The zero-order valence-corrected chi connectivity index (χ0v) is 10.9. The van der Waals surface area contributed by atoms with Crippen LogP contribution in [0.4, 0.5) is 0 Å². The SMILES string of the molecule is CCOc1ccc(C2NCCN(C)C2C)cc1. The first-order chi connectivity index (χ1) is 8.22. The van der Waals surface area contributed by atoms with Gasteiger partial charge in [0.05, 0.1) is 6.61 Å². The Balaban J connectivity index is 2.10. The van der Waals surface area contributed by atoms with E-state index in [1.54, 1.807) is 0 Å². The summed E-state index contributed by atoms with van der Waals surface area (Å²) in [5.74, 6) is 0.952. The maximum Gasteiger partial charge on any atom is 0.119 e. The van der Waals surface area contributed by atoms with Crippen LogP contribution in [0.2, 0.25) is 0 Å². The molecule has 0 bridgehead atoms. The summed E-state index contributed by atoms with van der Waals surface area (Å²) in [5.41, 5.74) is 1.34. The van der Waals surface area contributed by atoms with Crippen molar-refractivity contribution in [1.82, 2.24) is 10.2 Å². The van der Waals surface area contributed by atoms with Crippen molar-refractivity contribution in [2.24, 2.45) is 0 Å². The molecule has 0 aliphatic carbocycles. The van der Waals surface area contributed by atoms with Crippen LogP contribution >= 0.6 is 0 Å². The van der Waals surface area contributed by atoms with Crippen molar-refractivity contribution >= 4 is 0 Å². The van der Waals surface area contributed by atoms with E-state index in [0.717, 1.165) is 25.4 Å². The zero-order valence-electron chi connectivity index (χ0n) is 10.9. The quantitative estimate of drug-likeness (QED) is 0.866. The molecular weight excluding hydrogens is 212 g/mol. The van der Waals surface area contributed by atoms with E-state index in [-0.39, 0.29) is 0 Å². The van der Waals surface area contributed by atoms with Gasteiger partial charge in [0, 0.05) is 25.2 Å². The van der Waals surface area contributed by atoms with Crippen LogP contribution in [0.15, 0.2) is 24.3 Å². The second-order valence-electron chi connectivity index (χ2n) is 4.66. The van der Waals surface area contributed by atoms with Gasteiger partial charge in [0.2, 0.25) is 0 Å². The normalized spacial score (nSPS) is 25.8. The number of nitrogens with one attached hydrogen (secondary N) is 1. The lowest BCUT2D eigenvalue weighted by atomic mass is 9.97. The van der Waals surface area contributed by atoms with Gasteiger partial charge in [-0.3, -0.25) is 0 Å². The third-order valence-corrected chi connectivity index (χ3v) is 3.56. The van der Waals surface area contributed by atoms with Gasteiger partial charge in [0.25, 0.3) is 0 Å². The van der Waals surface area contributed by atoms with Crippen molar-refractivity contribution in [3.05, 3.63) is 29.8 Å². The number of likely N-dealkylation sites (N-methyl/N-ethyl adjacent to an activating group) is 1. The lowest BCUT2D eigenvalue weighted by Gasteiger charge is -2.38. The first-order valence-electron chi connectivity index (χ1n) is 6.38. The predicted octanol–water partition coefficient (Wildman–Crippen LogP) is 2.05. The van der Waals surface area contributed by atoms with E-state index in [1.165, 1.54) is 5.56 Å². The number of nitrogens with zero attached hydrogens (tertiary/aromatic N) is 1. The fourth-order valence-electron chi connectivity index (χ4n) is 2.36. The molecule has 94 valence electrons. The monoisotopic (exact) mass is 234 g/mol. The van der Waals surface area contributed by atoms with Gasteiger partial charge in [0.15, 0.2) is 0 Å². The Labute approximate surface area is 104 Å². The van der Waals surface area contributed by atoms with Gasteiger partial charge in [-0.05, 0) is 38.6 Å². The van der Waals surface area contributed by atoms with Crippen molar-refractivity contribution in [1.29, 1.82) is 0 Å². The van der Waals surface area contributed by atoms with E-state index in [2.05, 4.69) is 48.5 Å². The molecule has 1 aliphatic heterocycles. The van der Waals surface area contributed by atoms with Gasteiger partial charge in [-0.1, -0.05) is 12.1 Å². The van der Waals surface area contributed by atoms with Crippen LogP contribution in [-0.4, -0.2) is 37.7 Å². The summed E-state index contributed by atoms with van der Waals surface area (Å²) < 4.78 is 5.47. The summed E-state index contributed by atoms with van der Waals surface area (Å²) in [6.45, 7) is 7.18. The molecule has 3 heteroatoms. The Hall–Kier alpha value is -1.06. The number of rotatable bonds is 3. The highest BCUT2D eigenvalue weighted by Crippen LogP contribution is 2.24. The molecule has 1 fully saturated rings. The van der Waals surface area contributed by atoms with Crippen molar-refractivity contribution < 1.29 is 4.74 Å². The van der Waals surface area contributed by atoms with Crippen molar-refractivity contribution in [3.8, 4) is 5.75 Å². The van der Waals surface area contributed by atoms with Crippen molar-refractivity contribution in [2.75, 3.05) is 26.7 Å². The molecule has 1 aromatic rings. The second-order valence-corrected chi connectivity index (χ2v) is 4.66. The predicted molar refractivity (Wildman–Crippen MR) is 70.4 cm³/mol. The molecule has 0 amide bonds. The largest absolute Gasteiger partial charge is 0.494 e. The molecular formula is C14H22N2O. The summed E-state index contributed by atoms with van der Waals surface area (Å²) >= 11 is 0. The first-order valence-corrected chi connectivity index (χ1v) is 6.38. The Morgan fingerprint density at radius 3 is 2.71 bits per heavy atom. The number of benzene rings is 1. The molecule has 1 aliphatic rings. The molecule has 2 rings (SSSR count). The van der Waals surface area contributed by atoms with Crippen molar-refractivity contribution in [3.63, 3.8) is 0 Å². The number of piperazine rings is 1. The van der Waals surface area contributed by atoms with Gasteiger partial charge in [0.1, 0.15) is 5.75 Å². The minimum absolute atomic E-state index is 0.421. The van der Waals surface area contributed by atoms with E-state index < -0.39 is 0 Å². The highest BCUT2D eigenvalue weighted by Gasteiger charge is 2.25. The van der Waals surface area contributed by atoms with Crippen LogP contribution in [0.1, 0.15) is 25.5 Å². The summed E-state index contributed by atoms with van der Waals surface area (Å²) in [6, 6.07) is 9.39. The van der Waals surface area contributed by atoms with Crippen LogP contribution < -0.4 is 10.1 Å². The molecule has 0 saturated carbocycles. The molecule has 3 nitrogen and oxygen atoms in total. The van der Waals surface area contributed by atoms with Gasteiger partial charge in [-0.15, -0.1) is 0 Å². The fraction of sp³-hybridized carbons (Fsp3) is 0.571. The average molecular weight is 234 g/mol. The molecule has 1 saturated heterocycles. The highest BCUT2D eigenvalue weighted by molar-refractivity contribution is 5.30. The van der Waals surface area contributed by atoms with E-state index >= 15 is 0 Å². The van der Waals surface area contributed by atoms with Crippen LogP contribution in [0.25, 0.3) is 0 Å².